The van der Waals surface area contributed by atoms with Crippen molar-refractivity contribution in [2.45, 2.75) is 32.6 Å². The monoisotopic (exact) mass is 373 g/mol. The predicted molar refractivity (Wildman–Crippen MR) is 108 cm³/mol. The van der Waals surface area contributed by atoms with E-state index in [1.807, 2.05) is 42.5 Å². The number of fused-ring (bicyclic) bond motifs is 1. The largest absolute Gasteiger partial charge is 0.440 e. The summed E-state index contributed by atoms with van der Waals surface area (Å²) >= 11 is 0. The van der Waals surface area contributed by atoms with E-state index < -0.39 is 0 Å². The van der Waals surface area contributed by atoms with E-state index in [4.69, 9.17) is 4.42 Å². The normalized spacial score (nSPS) is 17.1. The Hall–Kier alpha value is -3.13. The smallest absolute Gasteiger partial charge is 0.253 e. The molecule has 1 amide bonds. The average Bonchev–Trinajstić information content (AvgIpc) is 3.17. The maximum atomic E-state index is 12.9. The average molecular weight is 373 g/mol. The Balaban J connectivity index is 1.62. The SMILES string of the molecule is CC(C)c1nc2cc(-c3cccc(C(=O)N4CCC[C@H](C#N)C4)c3)ccc2o1. The summed E-state index contributed by atoms with van der Waals surface area (Å²) < 4.78 is 5.78. The zero-order valence-corrected chi connectivity index (χ0v) is 16.2. The van der Waals surface area contributed by atoms with Crippen LogP contribution in [0.2, 0.25) is 0 Å². The molecule has 1 aliphatic heterocycles. The van der Waals surface area contributed by atoms with Crippen molar-refractivity contribution < 1.29 is 9.21 Å². The highest BCUT2D eigenvalue weighted by atomic mass is 16.3. The van der Waals surface area contributed by atoms with Crippen LogP contribution in [0.5, 0.6) is 0 Å². The summed E-state index contributed by atoms with van der Waals surface area (Å²) in [6, 6.07) is 15.9. The molecule has 0 spiro atoms. The summed E-state index contributed by atoms with van der Waals surface area (Å²) in [5, 5.41) is 9.17. The molecule has 0 unspecified atom stereocenters. The van der Waals surface area contributed by atoms with Gasteiger partial charge in [0, 0.05) is 24.6 Å². The molecule has 2 aromatic carbocycles. The molecule has 1 aromatic heterocycles. The van der Waals surface area contributed by atoms with Crippen molar-refractivity contribution in [2.75, 3.05) is 13.1 Å². The summed E-state index contributed by atoms with van der Waals surface area (Å²) in [7, 11) is 0. The van der Waals surface area contributed by atoms with Crippen molar-refractivity contribution in [3.63, 3.8) is 0 Å². The van der Waals surface area contributed by atoms with Gasteiger partial charge in [-0.3, -0.25) is 4.79 Å². The Labute approximate surface area is 164 Å². The molecule has 0 aliphatic carbocycles. The third-order valence-corrected chi connectivity index (χ3v) is 5.23. The van der Waals surface area contributed by atoms with E-state index in [2.05, 4.69) is 24.9 Å². The van der Waals surface area contributed by atoms with Gasteiger partial charge in [0.15, 0.2) is 11.5 Å². The summed E-state index contributed by atoms with van der Waals surface area (Å²) in [4.78, 5) is 19.3. The van der Waals surface area contributed by atoms with Gasteiger partial charge in [0.1, 0.15) is 5.52 Å². The van der Waals surface area contributed by atoms with E-state index in [0.29, 0.717) is 18.7 Å². The van der Waals surface area contributed by atoms with Gasteiger partial charge in [0.25, 0.3) is 5.91 Å². The van der Waals surface area contributed by atoms with Gasteiger partial charge < -0.3 is 9.32 Å². The van der Waals surface area contributed by atoms with Gasteiger partial charge in [0.05, 0.1) is 12.0 Å². The van der Waals surface area contributed by atoms with E-state index in [0.717, 1.165) is 41.0 Å². The number of aromatic nitrogens is 1. The summed E-state index contributed by atoms with van der Waals surface area (Å²) in [5.74, 6) is 0.892. The molecule has 0 radical (unpaired) electrons. The minimum absolute atomic E-state index is 0.00796. The zero-order chi connectivity index (χ0) is 19.7. The Morgan fingerprint density at radius 1 is 1.25 bits per heavy atom. The number of amides is 1. The van der Waals surface area contributed by atoms with Gasteiger partial charge in [-0.05, 0) is 48.2 Å². The van der Waals surface area contributed by atoms with Crippen molar-refractivity contribution in [3.05, 3.63) is 53.9 Å². The molecule has 5 heteroatoms. The van der Waals surface area contributed by atoms with Gasteiger partial charge in [-0.1, -0.05) is 32.0 Å². The van der Waals surface area contributed by atoms with E-state index in [9.17, 15) is 10.1 Å². The molecule has 28 heavy (non-hydrogen) atoms. The zero-order valence-electron chi connectivity index (χ0n) is 16.2. The maximum absolute atomic E-state index is 12.9. The second-order valence-corrected chi connectivity index (χ2v) is 7.69. The molecule has 1 atom stereocenters. The van der Waals surface area contributed by atoms with Crippen molar-refractivity contribution in [3.8, 4) is 17.2 Å². The Morgan fingerprint density at radius 3 is 2.86 bits per heavy atom. The molecule has 1 saturated heterocycles. The Bertz CT molecular complexity index is 1060. The first-order valence-corrected chi connectivity index (χ1v) is 9.75. The van der Waals surface area contributed by atoms with E-state index in [1.165, 1.54) is 0 Å². The molecule has 4 rings (SSSR count). The van der Waals surface area contributed by atoms with Gasteiger partial charge in [-0.2, -0.15) is 5.26 Å². The summed E-state index contributed by atoms with van der Waals surface area (Å²) in [6.07, 6.45) is 1.75. The van der Waals surface area contributed by atoms with Crippen LogP contribution in [-0.4, -0.2) is 28.9 Å². The van der Waals surface area contributed by atoms with E-state index in [-0.39, 0.29) is 17.7 Å². The molecule has 3 aromatic rings. The molecule has 1 fully saturated rings. The molecule has 5 nitrogen and oxygen atoms in total. The highest BCUT2D eigenvalue weighted by molar-refractivity contribution is 5.96. The fourth-order valence-corrected chi connectivity index (χ4v) is 3.65. The first kappa shape index (κ1) is 18.2. The molecule has 0 saturated carbocycles. The number of hydrogen-bond donors (Lipinski definition) is 0. The topological polar surface area (TPSA) is 70.1 Å². The lowest BCUT2D eigenvalue weighted by Crippen LogP contribution is -2.39. The van der Waals surface area contributed by atoms with Gasteiger partial charge >= 0.3 is 0 Å². The molecule has 0 bridgehead atoms. The lowest BCUT2D eigenvalue weighted by molar-refractivity contribution is 0.0699. The summed E-state index contributed by atoms with van der Waals surface area (Å²) in [6.45, 7) is 5.34. The van der Waals surface area contributed by atoms with Gasteiger partial charge in [-0.25, -0.2) is 4.98 Å². The molecule has 1 aliphatic rings. The van der Waals surface area contributed by atoms with Crippen molar-refractivity contribution in [1.82, 2.24) is 9.88 Å². The third-order valence-electron chi connectivity index (χ3n) is 5.23. The standard InChI is InChI=1S/C23H23N3O2/c1-15(2)22-25-20-12-18(8-9-21(20)28-22)17-6-3-7-19(11-17)23(27)26-10-4-5-16(13-24)14-26/h3,6-9,11-12,15-16H,4-5,10,14H2,1-2H3/t16-/m1/s1. The van der Waals surface area contributed by atoms with Crippen LogP contribution in [0, 0.1) is 17.2 Å². The third kappa shape index (κ3) is 3.50. The van der Waals surface area contributed by atoms with Crippen LogP contribution in [-0.2, 0) is 0 Å². The van der Waals surface area contributed by atoms with Crippen LogP contribution in [0.1, 0.15) is 48.9 Å². The number of likely N-dealkylation sites (tertiary alicyclic amines) is 1. The maximum Gasteiger partial charge on any atom is 0.253 e. The van der Waals surface area contributed by atoms with Crippen LogP contribution in [0.4, 0.5) is 0 Å². The minimum atomic E-state index is -0.0643. The first-order chi connectivity index (χ1) is 13.5. The summed E-state index contributed by atoms with van der Waals surface area (Å²) in [5.41, 5.74) is 4.22. The van der Waals surface area contributed by atoms with Crippen LogP contribution in [0.3, 0.4) is 0 Å². The number of hydrogen-bond acceptors (Lipinski definition) is 4. The van der Waals surface area contributed by atoms with Crippen molar-refractivity contribution >= 4 is 17.0 Å². The second kappa shape index (κ2) is 7.47. The van der Waals surface area contributed by atoms with Crippen LogP contribution < -0.4 is 0 Å². The van der Waals surface area contributed by atoms with Gasteiger partial charge in [0.2, 0.25) is 0 Å². The van der Waals surface area contributed by atoms with Crippen LogP contribution in [0.25, 0.3) is 22.2 Å². The lowest BCUT2D eigenvalue weighted by Gasteiger charge is -2.29. The fraction of sp³-hybridized carbons (Fsp3) is 0.348. The quantitative estimate of drug-likeness (QED) is 0.648. The van der Waals surface area contributed by atoms with E-state index >= 15 is 0 Å². The number of benzene rings is 2. The minimum Gasteiger partial charge on any atom is -0.440 e. The lowest BCUT2D eigenvalue weighted by atomic mass is 9.98. The Morgan fingerprint density at radius 2 is 2.07 bits per heavy atom. The molecular formula is C23H23N3O2. The van der Waals surface area contributed by atoms with Gasteiger partial charge in [-0.15, -0.1) is 0 Å². The number of oxazole rings is 1. The predicted octanol–water partition coefficient (Wildman–Crippen LogP) is 4.99. The number of carbonyl (C=O) groups excluding carboxylic acids is 1. The molecular weight excluding hydrogens is 350 g/mol. The number of nitriles is 1. The van der Waals surface area contributed by atoms with Crippen LogP contribution >= 0.6 is 0 Å². The van der Waals surface area contributed by atoms with E-state index in [1.54, 1.807) is 4.90 Å². The highest BCUT2D eigenvalue weighted by Crippen LogP contribution is 2.28. The number of carbonyl (C=O) groups is 1. The number of piperidine rings is 1. The number of nitrogens with zero attached hydrogens (tertiary/aromatic N) is 3. The van der Waals surface area contributed by atoms with Crippen molar-refractivity contribution in [1.29, 1.82) is 5.26 Å². The molecule has 2 heterocycles. The highest BCUT2D eigenvalue weighted by Gasteiger charge is 2.24. The van der Waals surface area contributed by atoms with Crippen LogP contribution in [0.15, 0.2) is 46.9 Å². The number of rotatable bonds is 3. The Kier molecular flexibility index (Phi) is 4.87. The first-order valence-electron chi connectivity index (χ1n) is 9.75. The van der Waals surface area contributed by atoms with Crippen molar-refractivity contribution in [2.24, 2.45) is 5.92 Å². The molecule has 142 valence electrons. The fourth-order valence-electron chi connectivity index (χ4n) is 3.65. The molecule has 0 N–H and O–H groups in total. The second-order valence-electron chi connectivity index (χ2n) is 7.69.